The molecule has 0 radical (unpaired) electrons. The molecule has 0 saturated heterocycles. The van der Waals surface area contributed by atoms with Crippen LogP contribution in [0.1, 0.15) is 81.4 Å². The summed E-state index contributed by atoms with van der Waals surface area (Å²) in [7, 11) is 0. The van der Waals surface area contributed by atoms with Gasteiger partial charge in [-0.05, 0) is 84.3 Å². The van der Waals surface area contributed by atoms with Gasteiger partial charge in [-0.3, -0.25) is 14.8 Å². The zero-order chi connectivity index (χ0) is 30.0. The van der Waals surface area contributed by atoms with Crippen LogP contribution in [-0.4, -0.2) is 21.6 Å². The van der Waals surface area contributed by atoms with Gasteiger partial charge in [0.15, 0.2) is 0 Å². The molecule has 42 heavy (non-hydrogen) atoms. The smallest absolute Gasteiger partial charge is 0.275 e. The van der Waals surface area contributed by atoms with E-state index < -0.39 is 5.91 Å². The summed E-state index contributed by atoms with van der Waals surface area (Å²) in [5.74, 6) is -0.197. The molecule has 3 N–H and O–H groups in total. The summed E-state index contributed by atoms with van der Waals surface area (Å²) in [6.07, 6.45) is 0. The van der Waals surface area contributed by atoms with E-state index in [1.165, 1.54) is 5.56 Å². The minimum atomic E-state index is -0.539. The van der Waals surface area contributed by atoms with Crippen LogP contribution in [-0.2, 0) is 6.54 Å². The number of hydrogen-bond donors (Lipinski definition) is 3. The van der Waals surface area contributed by atoms with Crippen LogP contribution in [0.25, 0.3) is 22.0 Å². The predicted molar refractivity (Wildman–Crippen MR) is 168 cm³/mol. The second-order valence-electron chi connectivity index (χ2n) is 11.2. The van der Waals surface area contributed by atoms with Gasteiger partial charge in [0.2, 0.25) is 0 Å². The maximum atomic E-state index is 13.3. The molecule has 0 unspecified atom stereocenters. The number of aryl methyl sites for hydroxylation is 1. The number of benzene rings is 4. The first-order valence-corrected chi connectivity index (χ1v) is 14.3. The summed E-state index contributed by atoms with van der Waals surface area (Å²) >= 11 is 0. The fourth-order valence-corrected chi connectivity index (χ4v) is 5.51. The maximum Gasteiger partial charge on any atom is 0.275 e. The molecular formula is C36H37N3O3. The van der Waals surface area contributed by atoms with Gasteiger partial charge < -0.3 is 9.88 Å². The molecule has 6 nitrogen and oxygen atoms in total. The summed E-state index contributed by atoms with van der Waals surface area (Å²) in [5.41, 5.74) is 11.3. The van der Waals surface area contributed by atoms with Crippen LogP contribution >= 0.6 is 0 Å². The van der Waals surface area contributed by atoms with Crippen LogP contribution in [0.5, 0.6) is 0 Å². The SMILES string of the molecule is Cc1c(C)n(Cc2ccc(-c3ccccc3C(=O)NO)cc2)c2ccc(C(=O)N[C@@H](C)c3cccc(C(C)C)c3)cc12. The highest BCUT2D eigenvalue weighted by Crippen LogP contribution is 2.29. The highest BCUT2D eigenvalue weighted by atomic mass is 16.5. The first-order valence-electron chi connectivity index (χ1n) is 14.3. The minimum absolute atomic E-state index is 0.0881. The number of rotatable bonds is 8. The molecule has 214 valence electrons. The number of carbonyl (C=O) groups excluding carboxylic acids is 2. The van der Waals surface area contributed by atoms with E-state index in [1.54, 1.807) is 17.6 Å². The molecule has 2 amide bonds. The number of nitrogens with one attached hydrogen (secondary N) is 2. The Labute approximate surface area is 247 Å². The normalized spacial score (nSPS) is 12.0. The molecule has 1 aromatic heterocycles. The van der Waals surface area contributed by atoms with Gasteiger partial charge in [0, 0.05) is 34.3 Å². The highest BCUT2D eigenvalue weighted by Gasteiger charge is 2.17. The zero-order valence-corrected chi connectivity index (χ0v) is 24.7. The van der Waals surface area contributed by atoms with E-state index in [-0.39, 0.29) is 11.9 Å². The summed E-state index contributed by atoms with van der Waals surface area (Å²) in [5, 5.41) is 13.4. The predicted octanol–water partition coefficient (Wildman–Crippen LogP) is 7.71. The van der Waals surface area contributed by atoms with Crippen molar-refractivity contribution in [3.05, 3.63) is 130 Å². The fourth-order valence-electron chi connectivity index (χ4n) is 5.51. The van der Waals surface area contributed by atoms with Crippen LogP contribution in [0.4, 0.5) is 0 Å². The van der Waals surface area contributed by atoms with Gasteiger partial charge in [0.25, 0.3) is 11.8 Å². The van der Waals surface area contributed by atoms with E-state index in [2.05, 4.69) is 74.0 Å². The van der Waals surface area contributed by atoms with Crippen molar-refractivity contribution in [1.29, 1.82) is 0 Å². The third-order valence-corrected chi connectivity index (χ3v) is 8.20. The number of fused-ring (bicyclic) bond motifs is 1. The first kappa shape index (κ1) is 28.8. The second kappa shape index (κ2) is 12.0. The Hall–Kier alpha value is -4.68. The van der Waals surface area contributed by atoms with E-state index in [4.69, 9.17) is 5.21 Å². The highest BCUT2D eigenvalue weighted by molar-refractivity contribution is 6.00. The molecule has 1 heterocycles. The molecule has 0 fully saturated rings. The van der Waals surface area contributed by atoms with E-state index in [1.807, 2.05) is 49.4 Å². The van der Waals surface area contributed by atoms with Crippen molar-refractivity contribution in [2.45, 2.75) is 53.1 Å². The number of carbonyl (C=O) groups is 2. The standard InChI is InChI=1S/C36H37N3O3/c1-22(2)28-9-8-10-29(19-28)24(4)37-35(40)30-17-18-34-33(20-30)23(3)25(5)39(34)21-26-13-15-27(16-14-26)31-11-6-7-12-32(31)36(41)38-42/h6-20,22,24,42H,21H2,1-5H3,(H,37,40)(H,38,41)/t24-/m0/s1. The van der Waals surface area contributed by atoms with Crippen molar-refractivity contribution in [3.8, 4) is 11.1 Å². The fraction of sp³-hybridized carbons (Fsp3) is 0.222. The largest absolute Gasteiger partial charge is 0.346 e. The lowest BCUT2D eigenvalue weighted by Gasteiger charge is -2.16. The van der Waals surface area contributed by atoms with Gasteiger partial charge in [0.1, 0.15) is 0 Å². The van der Waals surface area contributed by atoms with Crippen LogP contribution < -0.4 is 10.8 Å². The molecular weight excluding hydrogens is 522 g/mol. The molecule has 0 bridgehead atoms. The number of aromatic nitrogens is 1. The molecule has 6 heteroatoms. The summed E-state index contributed by atoms with van der Waals surface area (Å²) in [6.45, 7) is 11.2. The molecule has 0 spiro atoms. The van der Waals surface area contributed by atoms with Gasteiger partial charge in [-0.15, -0.1) is 0 Å². The quantitative estimate of drug-likeness (QED) is 0.135. The van der Waals surface area contributed by atoms with Gasteiger partial charge in [-0.1, -0.05) is 80.6 Å². The third-order valence-electron chi connectivity index (χ3n) is 8.20. The Balaban J connectivity index is 1.37. The maximum absolute atomic E-state index is 13.3. The molecule has 0 saturated carbocycles. The zero-order valence-electron chi connectivity index (χ0n) is 24.7. The Morgan fingerprint density at radius 2 is 1.52 bits per heavy atom. The van der Waals surface area contributed by atoms with Crippen molar-refractivity contribution >= 4 is 22.7 Å². The van der Waals surface area contributed by atoms with Crippen molar-refractivity contribution in [2.75, 3.05) is 0 Å². The summed E-state index contributed by atoms with van der Waals surface area (Å²) in [4.78, 5) is 25.4. The van der Waals surface area contributed by atoms with Gasteiger partial charge in [-0.2, -0.15) is 0 Å². The topological polar surface area (TPSA) is 83.4 Å². The number of hydroxylamine groups is 1. The molecule has 5 rings (SSSR count). The molecule has 0 aliphatic rings. The van der Waals surface area contributed by atoms with Gasteiger partial charge in [-0.25, -0.2) is 5.48 Å². The van der Waals surface area contributed by atoms with Gasteiger partial charge >= 0.3 is 0 Å². The van der Waals surface area contributed by atoms with Crippen LogP contribution in [0.3, 0.4) is 0 Å². The van der Waals surface area contributed by atoms with Crippen molar-refractivity contribution in [1.82, 2.24) is 15.4 Å². The summed E-state index contributed by atoms with van der Waals surface area (Å²) < 4.78 is 2.27. The Morgan fingerprint density at radius 3 is 2.24 bits per heavy atom. The van der Waals surface area contributed by atoms with Crippen molar-refractivity contribution < 1.29 is 14.8 Å². The molecule has 4 aromatic carbocycles. The first-order chi connectivity index (χ1) is 20.2. The lowest BCUT2D eigenvalue weighted by Crippen LogP contribution is -2.26. The van der Waals surface area contributed by atoms with Crippen LogP contribution in [0.15, 0.2) is 91.0 Å². The number of hydrogen-bond acceptors (Lipinski definition) is 3. The van der Waals surface area contributed by atoms with Crippen LogP contribution in [0.2, 0.25) is 0 Å². The van der Waals surface area contributed by atoms with Crippen LogP contribution in [0, 0.1) is 13.8 Å². The van der Waals surface area contributed by atoms with E-state index in [9.17, 15) is 9.59 Å². The average Bonchev–Trinajstić information content (AvgIpc) is 3.25. The Bertz CT molecular complexity index is 1770. The molecule has 0 aliphatic carbocycles. The third kappa shape index (κ3) is 5.71. The average molecular weight is 560 g/mol. The van der Waals surface area contributed by atoms with E-state index >= 15 is 0 Å². The molecule has 0 aliphatic heterocycles. The Kier molecular flexibility index (Phi) is 8.27. The Morgan fingerprint density at radius 1 is 0.810 bits per heavy atom. The molecule has 1 atom stereocenters. The second-order valence-corrected chi connectivity index (χ2v) is 11.2. The minimum Gasteiger partial charge on any atom is -0.346 e. The van der Waals surface area contributed by atoms with Crippen molar-refractivity contribution in [2.24, 2.45) is 0 Å². The lowest BCUT2D eigenvalue weighted by atomic mass is 9.98. The van der Waals surface area contributed by atoms with E-state index in [0.29, 0.717) is 23.6 Å². The summed E-state index contributed by atoms with van der Waals surface area (Å²) in [6, 6.07) is 29.5. The van der Waals surface area contributed by atoms with Crippen molar-refractivity contribution in [3.63, 3.8) is 0 Å². The molecule has 5 aromatic rings. The lowest BCUT2D eigenvalue weighted by molar-refractivity contribution is 0.0707. The van der Waals surface area contributed by atoms with E-state index in [0.717, 1.165) is 44.4 Å². The van der Waals surface area contributed by atoms with Gasteiger partial charge in [0.05, 0.1) is 6.04 Å². The number of amides is 2. The monoisotopic (exact) mass is 559 g/mol. The number of nitrogens with zero attached hydrogens (tertiary/aromatic N) is 1.